The Balaban J connectivity index is 3.10. The molecule has 13 heavy (non-hydrogen) atoms. The Bertz CT molecular complexity index is 287. The first-order chi connectivity index (χ1) is 6.11. The molecular formula is C11H20N2. The van der Waals surface area contributed by atoms with E-state index in [0.29, 0.717) is 6.04 Å². The predicted molar refractivity (Wildman–Crippen MR) is 56.1 cm³/mol. The second kappa shape index (κ2) is 3.95. The first-order valence-electron chi connectivity index (χ1n) is 5.16. The second-order valence-corrected chi connectivity index (χ2v) is 3.70. The third kappa shape index (κ3) is 1.77. The quantitative estimate of drug-likeness (QED) is 0.699. The molecule has 0 aliphatic rings. The summed E-state index contributed by atoms with van der Waals surface area (Å²) >= 11 is 0. The average Bonchev–Trinajstić information content (AvgIpc) is 2.40. The van der Waals surface area contributed by atoms with E-state index < -0.39 is 0 Å². The van der Waals surface area contributed by atoms with Crippen molar-refractivity contribution in [3.63, 3.8) is 0 Å². The van der Waals surface area contributed by atoms with Gasteiger partial charge in [-0.2, -0.15) is 5.10 Å². The van der Waals surface area contributed by atoms with Crippen LogP contribution < -0.4 is 0 Å². The van der Waals surface area contributed by atoms with Gasteiger partial charge in [0.15, 0.2) is 0 Å². The Morgan fingerprint density at radius 2 is 1.92 bits per heavy atom. The Hall–Kier alpha value is -0.790. The molecule has 0 aliphatic heterocycles. The second-order valence-electron chi connectivity index (χ2n) is 3.70. The van der Waals surface area contributed by atoms with Crippen LogP contribution in [0.5, 0.6) is 0 Å². The molecule has 1 heterocycles. The molecule has 1 aromatic rings. The van der Waals surface area contributed by atoms with Gasteiger partial charge in [0.05, 0.1) is 5.69 Å². The van der Waals surface area contributed by atoms with Gasteiger partial charge in [-0.15, -0.1) is 0 Å². The van der Waals surface area contributed by atoms with Gasteiger partial charge in [-0.3, -0.25) is 4.68 Å². The zero-order valence-corrected chi connectivity index (χ0v) is 9.39. The number of rotatable bonds is 3. The summed E-state index contributed by atoms with van der Waals surface area (Å²) in [6, 6.07) is 0.527. The van der Waals surface area contributed by atoms with Gasteiger partial charge < -0.3 is 0 Å². The molecule has 1 unspecified atom stereocenters. The largest absolute Gasteiger partial charge is 0.267 e. The molecule has 74 valence electrons. The molecule has 0 saturated heterocycles. The molecule has 1 aromatic heterocycles. The minimum absolute atomic E-state index is 0.527. The lowest BCUT2D eigenvalue weighted by Crippen LogP contribution is -2.07. The molecule has 0 amide bonds. The van der Waals surface area contributed by atoms with Crippen LogP contribution >= 0.6 is 0 Å². The van der Waals surface area contributed by atoms with E-state index in [0.717, 1.165) is 12.8 Å². The van der Waals surface area contributed by atoms with Crippen LogP contribution in [0.1, 0.15) is 50.2 Å². The molecule has 2 nitrogen and oxygen atoms in total. The van der Waals surface area contributed by atoms with Gasteiger partial charge in [-0.05, 0) is 39.2 Å². The minimum Gasteiger partial charge on any atom is -0.267 e. The van der Waals surface area contributed by atoms with E-state index in [9.17, 15) is 0 Å². The van der Waals surface area contributed by atoms with E-state index in [-0.39, 0.29) is 0 Å². The molecule has 2 heteroatoms. The summed E-state index contributed by atoms with van der Waals surface area (Å²) in [7, 11) is 0. The van der Waals surface area contributed by atoms with E-state index in [4.69, 9.17) is 0 Å². The van der Waals surface area contributed by atoms with Crippen molar-refractivity contribution >= 4 is 0 Å². The third-order valence-electron chi connectivity index (χ3n) is 2.84. The molecule has 0 fully saturated rings. The SMILES string of the molecule is CCc1c(C)nn(C(C)CC)c1C. The molecule has 0 N–H and O–H groups in total. The number of hydrogen-bond donors (Lipinski definition) is 0. The fourth-order valence-electron chi connectivity index (χ4n) is 1.81. The minimum atomic E-state index is 0.527. The van der Waals surface area contributed by atoms with E-state index >= 15 is 0 Å². The van der Waals surface area contributed by atoms with Crippen molar-refractivity contribution in [3.8, 4) is 0 Å². The van der Waals surface area contributed by atoms with Crippen molar-refractivity contribution in [2.45, 2.75) is 53.5 Å². The predicted octanol–water partition coefficient (Wildman–Crippen LogP) is 3.03. The zero-order valence-electron chi connectivity index (χ0n) is 9.39. The highest BCUT2D eigenvalue weighted by molar-refractivity contribution is 5.24. The summed E-state index contributed by atoms with van der Waals surface area (Å²) in [5.41, 5.74) is 3.95. The van der Waals surface area contributed by atoms with Gasteiger partial charge in [-0.1, -0.05) is 13.8 Å². The zero-order chi connectivity index (χ0) is 10.0. The molecule has 0 spiro atoms. The third-order valence-corrected chi connectivity index (χ3v) is 2.84. The lowest BCUT2D eigenvalue weighted by molar-refractivity contribution is 0.465. The normalized spacial score (nSPS) is 13.3. The van der Waals surface area contributed by atoms with Crippen LogP contribution in [0.2, 0.25) is 0 Å². The van der Waals surface area contributed by atoms with Crippen LogP contribution in [0.15, 0.2) is 0 Å². The highest BCUT2D eigenvalue weighted by Crippen LogP contribution is 2.19. The Kier molecular flexibility index (Phi) is 3.12. The lowest BCUT2D eigenvalue weighted by atomic mass is 10.1. The summed E-state index contributed by atoms with van der Waals surface area (Å²) in [4.78, 5) is 0. The number of aromatic nitrogens is 2. The topological polar surface area (TPSA) is 17.8 Å². The van der Waals surface area contributed by atoms with Crippen LogP contribution in [0.4, 0.5) is 0 Å². The summed E-state index contributed by atoms with van der Waals surface area (Å²) in [5, 5.41) is 4.57. The fraction of sp³-hybridized carbons (Fsp3) is 0.727. The maximum Gasteiger partial charge on any atom is 0.0628 e. The maximum atomic E-state index is 4.57. The Morgan fingerprint density at radius 3 is 2.31 bits per heavy atom. The molecule has 1 rings (SSSR count). The number of hydrogen-bond acceptors (Lipinski definition) is 1. The van der Waals surface area contributed by atoms with Gasteiger partial charge >= 0.3 is 0 Å². The average molecular weight is 180 g/mol. The smallest absolute Gasteiger partial charge is 0.0628 e. The molecule has 0 saturated carbocycles. The van der Waals surface area contributed by atoms with Crippen molar-refractivity contribution in [1.82, 2.24) is 9.78 Å². The Morgan fingerprint density at radius 1 is 1.31 bits per heavy atom. The van der Waals surface area contributed by atoms with Crippen LogP contribution in [0.25, 0.3) is 0 Å². The van der Waals surface area contributed by atoms with Crippen LogP contribution in [-0.4, -0.2) is 9.78 Å². The van der Waals surface area contributed by atoms with Crippen molar-refractivity contribution in [2.24, 2.45) is 0 Å². The highest BCUT2D eigenvalue weighted by Gasteiger charge is 2.12. The maximum absolute atomic E-state index is 4.57. The first kappa shape index (κ1) is 10.3. The standard InChI is InChI=1S/C11H20N2/c1-6-8(3)13-10(5)11(7-2)9(4)12-13/h8H,6-7H2,1-5H3. The van der Waals surface area contributed by atoms with Crippen LogP contribution in [0.3, 0.4) is 0 Å². The summed E-state index contributed by atoms with van der Waals surface area (Å²) in [5.74, 6) is 0. The molecule has 0 radical (unpaired) electrons. The molecule has 0 aliphatic carbocycles. The summed E-state index contributed by atoms with van der Waals surface area (Å²) < 4.78 is 2.16. The highest BCUT2D eigenvalue weighted by atomic mass is 15.3. The van der Waals surface area contributed by atoms with Gasteiger partial charge in [0.1, 0.15) is 0 Å². The monoisotopic (exact) mass is 180 g/mol. The summed E-state index contributed by atoms with van der Waals surface area (Å²) in [6.07, 6.45) is 2.24. The van der Waals surface area contributed by atoms with Gasteiger partial charge in [-0.25, -0.2) is 0 Å². The number of aryl methyl sites for hydroxylation is 1. The summed E-state index contributed by atoms with van der Waals surface area (Å²) in [6.45, 7) is 10.9. The first-order valence-corrected chi connectivity index (χ1v) is 5.16. The van der Waals surface area contributed by atoms with E-state index in [1.54, 1.807) is 0 Å². The molecule has 0 bridgehead atoms. The molecule has 1 atom stereocenters. The van der Waals surface area contributed by atoms with E-state index in [1.807, 2.05) is 0 Å². The van der Waals surface area contributed by atoms with Gasteiger partial charge in [0, 0.05) is 11.7 Å². The van der Waals surface area contributed by atoms with Crippen LogP contribution in [0, 0.1) is 13.8 Å². The van der Waals surface area contributed by atoms with Gasteiger partial charge in [0.25, 0.3) is 0 Å². The van der Waals surface area contributed by atoms with E-state index in [1.165, 1.54) is 17.0 Å². The van der Waals surface area contributed by atoms with Crippen molar-refractivity contribution in [2.75, 3.05) is 0 Å². The number of nitrogens with zero attached hydrogens (tertiary/aromatic N) is 2. The lowest BCUT2D eigenvalue weighted by Gasteiger charge is -2.11. The van der Waals surface area contributed by atoms with Crippen LogP contribution in [-0.2, 0) is 6.42 Å². The van der Waals surface area contributed by atoms with Crippen molar-refractivity contribution in [3.05, 3.63) is 17.0 Å². The van der Waals surface area contributed by atoms with E-state index in [2.05, 4.69) is 44.4 Å². The molecular weight excluding hydrogens is 160 g/mol. The van der Waals surface area contributed by atoms with Crippen molar-refractivity contribution in [1.29, 1.82) is 0 Å². The fourth-order valence-corrected chi connectivity index (χ4v) is 1.81. The van der Waals surface area contributed by atoms with Gasteiger partial charge in [0.2, 0.25) is 0 Å². The molecule has 0 aromatic carbocycles. The Labute approximate surface area is 81.0 Å². The van der Waals surface area contributed by atoms with Crippen molar-refractivity contribution < 1.29 is 0 Å².